The van der Waals surface area contributed by atoms with Crippen LogP contribution in [0.15, 0.2) is 29.1 Å². The lowest BCUT2D eigenvalue weighted by atomic mass is 10.1. The van der Waals surface area contributed by atoms with E-state index in [0.29, 0.717) is 22.6 Å². The number of nitro benzene ring substituents is 1. The molecule has 0 bridgehead atoms. The van der Waals surface area contributed by atoms with Gasteiger partial charge in [0.15, 0.2) is 0 Å². The number of carbonyl (C=O) groups is 1. The van der Waals surface area contributed by atoms with Gasteiger partial charge < -0.3 is 5.11 Å². The number of nitrogens with zero attached hydrogens (tertiary/aromatic N) is 4. The first-order valence-corrected chi connectivity index (χ1v) is 9.51. The van der Waals surface area contributed by atoms with Crippen molar-refractivity contribution in [2.24, 2.45) is 0 Å². The van der Waals surface area contributed by atoms with Gasteiger partial charge in [-0.05, 0) is 24.5 Å². The molecule has 0 spiro atoms. The number of non-ortho nitro benzene ring substituents is 1. The second-order valence-corrected chi connectivity index (χ2v) is 7.39. The molecule has 29 heavy (non-hydrogen) atoms. The number of hydrogen-bond acceptors (Lipinski definition) is 7. The molecule has 0 atom stereocenters. The summed E-state index contributed by atoms with van der Waals surface area (Å²) in [5.74, 6) is -0.690. The maximum Gasteiger partial charge on any atom is 0.346 e. The summed E-state index contributed by atoms with van der Waals surface area (Å²) in [7, 11) is 0. The van der Waals surface area contributed by atoms with E-state index in [9.17, 15) is 24.8 Å². The SMILES string of the molecule is Cc1c(C(=O)O)sc2nc(Cc3ccc([N+](=O)[O-])cc3)n(CCCC#N)c(=O)c12. The Balaban J connectivity index is 2.11. The third-order valence-corrected chi connectivity index (χ3v) is 5.68. The Morgan fingerprint density at radius 1 is 1.38 bits per heavy atom. The van der Waals surface area contributed by atoms with Gasteiger partial charge in [0.1, 0.15) is 15.5 Å². The van der Waals surface area contributed by atoms with Crippen LogP contribution in [0.5, 0.6) is 0 Å². The molecule has 0 fully saturated rings. The molecule has 1 N–H and O–H groups in total. The summed E-state index contributed by atoms with van der Waals surface area (Å²) in [4.78, 5) is 39.8. The van der Waals surface area contributed by atoms with Crippen LogP contribution in [0.4, 0.5) is 5.69 Å². The Bertz CT molecular complexity index is 1200. The van der Waals surface area contributed by atoms with Crippen LogP contribution in [-0.4, -0.2) is 25.6 Å². The molecular weight excluding hydrogens is 396 g/mol. The van der Waals surface area contributed by atoms with Crippen molar-refractivity contribution in [2.75, 3.05) is 0 Å². The molecule has 0 radical (unpaired) electrons. The van der Waals surface area contributed by atoms with E-state index in [4.69, 9.17) is 5.26 Å². The summed E-state index contributed by atoms with van der Waals surface area (Å²) in [6, 6.07) is 7.98. The number of thiophene rings is 1. The summed E-state index contributed by atoms with van der Waals surface area (Å²) >= 11 is 0.949. The Hall–Kier alpha value is -3.58. The number of aromatic carboxylic acids is 1. The number of aromatic nitrogens is 2. The molecule has 148 valence electrons. The molecule has 0 aliphatic rings. The number of hydrogen-bond donors (Lipinski definition) is 1. The average molecular weight is 412 g/mol. The molecule has 10 heteroatoms. The Morgan fingerprint density at radius 3 is 2.66 bits per heavy atom. The average Bonchev–Trinajstić information content (AvgIpc) is 3.01. The van der Waals surface area contributed by atoms with E-state index < -0.39 is 10.9 Å². The molecule has 0 saturated carbocycles. The fraction of sp³-hybridized carbons (Fsp3) is 0.263. The minimum Gasteiger partial charge on any atom is -0.477 e. The smallest absolute Gasteiger partial charge is 0.346 e. The molecule has 9 nitrogen and oxygen atoms in total. The quantitative estimate of drug-likeness (QED) is 0.357. The van der Waals surface area contributed by atoms with Crippen LogP contribution in [0, 0.1) is 28.4 Å². The van der Waals surface area contributed by atoms with Crippen molar-refractivity contribution in [1.82, 2.24) is 9.55 Å². The number of unbranched alkanes of at least 4 members (excludes halogenated alkanes) is 1. The fourth-order valence-electron chi connectivity index (χ4n) is 3.06. The van der Waals surface area contributed by atoms with Gasteiger partial charge in [0.05, 0.1) is 16.4 Å². The number of fused-ring (bicyclic) bond motifs is 1. The topological polar surface area (TPSA) is 139 Å². The molecular formula is C19H16N4O5S. The van der Waals surface area contributed by atoms with E-state index in [0.717, 1.165) is 16.9 Å². The van der Waals surface area contributed by atoms with Crippen LogP contribution in [-0.2, 0) is 13.0 Å². The van der Waals surface area contributed by atoms with Gasteiger partial charge in [-0.2, -0.15) is 5.26 Å². The van der Waals surface area contributed by atoms with Crippen molar-refractivity contribution < 1.29 is 14.8 Å². The van der Waals surface area contributed by atoms with Crippen molar-refractivity contribution in [2.45, 2.75) is 32.7 Å². The number of aryl methyl sites for hydroxylation is 1. The van der Waals surface area contributed by atoms with Crippen LogP contribution in [0.1, 0.15) is 39.5 Å². The van der Waals surface area contributed by atoms with E-state index in [1.54, 1.807) is 19.1 Å². The van der Waals surface area contributed by atoms with E-state index in [-0.39, 0.29) is 40.9 Å². The summed E-state index contributed by atoms with van der Waals surface area (Å²) < 4.78 is 1.46. The highest BCUT2D eigenvalue weighted by Crippen LogP contribution is 2.28. The van der Waals surface area contributed by atoms with Crippen molar-refractivity contribution in [1.29, 1.82) is 5.26 Å². The first-order chi connectivity index (χ1) is 13.8. The number of nitro groups is 1. The molecule has 3 aromatic rings. The number of benzene rings is 1. The zero-order valence-corrected chi connectivity index (χ0v) is 16.2. The molecule has 2 aromatic heterocycles. The number of rotatable bonds is 7. The minimum absolute atomic E-state index is 0.0384. The lowest BCUT2D eigenvalue weighted by molar-refractivity contribution is -0.384. The molecule has 2 heterocycles. The van der Waals surface area contributed by atoms with Gasteiger partial charge in [-0.3, -0.25) is 19.5 Å². The summed E-state index contributed by atoms with van der Waals surface area (Å²) in [6.45, 7) is 1.86. The monoisotopic (exact) mass is 412 g/mol. The van der Waals surface area contributed by atoms with Crippen molar-refractivity contribution in [3.05, 3.63) is 66.6 Å². The lowest BCUT2D eigenvalue weighted by Crippen LogP contribution is -2.25. The third kappa shape index (κ3) is 4.00. The van der Waals surface area contributed by atoms with Crippen molar-refractivity contribution in [3.8, 4) is 6.07 Å². The van der Waals surface area contributed by atoms with Crippen LogP contribution in [0.25, 0.3) is 10.2 Å². The van der Waals surface area contributed by atoms with Gasteiger partial charge >= 0.3 is 5.97 Å². The summed E-state index contributed by atoms with van der Waals surface area (Å²) in [6.07, 6.45) is 0.964. The maximum atomic E-state index is 13.1. The molecule has 0 unspecified atom stereocenters. The predicted molar refractivity (Wildman–Crippen MR) is 106 cm³/mol. The highest BCUT2D eigenvalue weighted by Gasteiger charge is 2.21. The second-order valence-electron chi connectivity index (χ2n) is 6.39. The third-order valence-electron chi connectivity index (χ3n) is 4.50. The first-order valence-electron chi connectivity index (χ1n) is 8.70. The number of nitriles is 1. The largest absolute Gasteiger partial charge is 0.477 e. The fourth-order valence-corrected chi connectivity index (χ4v) is 4.09. The lowest BCUT2D eigenvalue weighted by Gasteiger charge is -2.12. The van der Waals surface area contributed by atoms with Gasteiger partial charge in [0, 0.05) is 31.5 Å². The standard InChI is InChI=1S/C19H16N4O5S/c1-11-15-17(29-16(11)19(25)26)21-14(22(18(15)24)9-3-2-8-20)10-12-4-6-13(7-5-12)23(27)28/h4-7H,2-3,9-10H2,1H3,(H,25,26). The van der Waals surface area contributed by atoms with E-state index in [1.807, 2.05) is 6.07 Å². The van der Waals surface area contributed by atoms with E-state index in [1.165, 1.54) is 16.7 Å². The highest BCUT2D eigenvalue weighted by molar-refractivity contribution is 7.20. The Kier molecular flexibility index (Phi) is 5.70. The highest BCUT2D eigenvalue weighted by atomic mass is 32.1. The zero-order valence-electron chi connectivity index (χ0n) is 15.4. The van der Waals surface area contributed by atoms with E-state index in [2.05, 4.69) is 4.98 Å². The van der Waals surface area contributed by atoms with Crippen LogP contribution < -0.4 is 5.56 Å². The number of carboxylic acid groups (broad SMARTS) is 1. The molecule has 0 saturated heterocycles. The van der Waals surface area contributed by atoms with Crippen LogP contribution in [0.2, 0.25) is 0 Å². The van der Waals surface area contributed by atoms with Gasteiger partial charge in [-0.15, -0.1) is 11.3 Å². The van der Waals surface area contributed by atoms with Gasteiger partial charge in [-0.1, -0.05) is 12.1 Å². The molecule has 1 aromatic carbocycles. The van der Waals surface area contributed by atoms with Gasteiger partial charge in [0.25, 0.3) is 11.2 Å². The summed E-state index contributed by atoms with van der Waals surface area (Å²) in [5.41, 5.74) is 0.725. The van der Waals surface area contributed by atoms with Gasteiger partial charge in [-0.25, -0.2) is 9.78 Å². The zero-order chi connectivity index (χ0) is 21.1. The summed E-state index contributed by atoms with van der Waals surface area (Å²) in [5, 5.41) is 29.3. The molecule has 3 rings (SSSR count). The molecule has 0 amide bonds. The number of carboxylic acids is 1. The van der Waals surface area contributed by atoms with Crippen molar-refractivity contribution >= 4 is 33.2 Å². The van der Waals surface area contributed by atoms with Crippen LogP contribution in [0.3, 0.4) is 0 Å². The van der Waals surface area contributed by atoms with Crippen molar-refractivity contribution in [3.63, 3.8) is 0 Å². The van der Waals surface area contributed by atoms with Crippen LogP contribution >= 0.6 is 11.3 Å². The van der Waals surface area contributed by atoms with E-state index >= 15 is 0 Å². The normalized spacial score (nSPS) is 10.8. The minimum atomic E-state index is -1.11. The predicted octanol–water partition coefficient (Wildman–Crippen LogP) is 3.27. The molecule has 0 aliphatic heterocycles. The van der Waals surface area contributed by atoms with Gasteiger partial charge in [0.2, 0.25) is 0 Å². The maximum absolute atomic E-state index is 13.1. The second kappa shape index (κ2) is 8.20. The first kappa shape index (κ1) is 20.2. The Morgan fingerprint density at radius 2 is 2.07 bits per heavy atom. The Labute approximate surface area is 168 Å². The molecule has 0 aliphatic carbocycles.